The monoisotopic (exact) mass is 728 g/mol. The molecule has 10 aromatic rings. The van der Waals surface area contributed by atoms with Crippen LogP contribution in [0.15, 0.2) is 206 Å². The topological polar surface area (TPSA) is 8.17 Å². The summed E-state index contributed by atoms with van der Waals surface area (Å²) in [7, 11) is 0. The Morgan fingerprint density at radius 1 is 0.404 bits per heavy atom. The first-order valence-corrected chi connectivity index (χ1v) is 19.9. The maximum Gasteiger partial charge on any atom is 0.0547 e. The van der Waals surface area contributed by atoms with Gasteiger partial charge in [-0.05, 0) is 104 Å². The zero-order valence-corrected chi connectivity index (χ0v) is 32.0. The molecular formula is C55H40N2. The Morgan fingerprint density at radius 3 is 1.81 bits per heavy atom. The highest BCUT2D eigenvalue weighted by molar-refractivity contribution is 6.15. The molecule has 0 spiro atoms. The number of hydrogen-bond acceptors (Lipinski definition) is 1. The predicted molar refractivity (Wildman–Crippen MR) is 241 cm³/mol. The quantitative estimate of drug-likeness (QED) is 0.165. The summed E-state index contributed by atoms with van der Waals surface area (Å²) in [5.41, 5.74) is 17.2. The van der Waals surface area contributed by atoms with Crippen molar-refractivity contribution in [3.05, 3.63) is 217 Å². The number of nitrogens with zero attached hydrogens (tertiary/aromatic N) is 2. The van der Waals surface area contributed by atoms with Crippen molar-refractivity contribution >= 4 is 49.6 Å². The predicted octanol–water partition coefficient (Wildman–Crippen LogP) is 15.0. The van der Waals surface area contributed by atoms with Gasteiger partial charge in [0.1, 0.15) is 0 Å². The Kier molecular flexibility index (Phi) is 7.55. The van der Waals surface area contributed by atoms with E-state index in [1.165, 1.54) is 88.5 Å². The van der Waals surface area contributed by atoms with E-state index in [9.17, 15) is 0 Å². The van der Waals surface area contributed by atoms with Crippen LogP contribution in [0.1, 0.15) is 25.0 Å². The minimum atomic E-state index is -0.0904. The van der Waals surface area contributed by atoms with Crippen LogP contribution < -0.4 is 4.90 Å². The fraction of sp³-hybridized carbons (Fsp3) is 0.0545. The van der Waals surface area contributed by atoms with Crippen molar-refractivity contribution in [1.29, 1.82) is 0 Å². The van der Waals surface area contributed by atoms with E-state index < -0.39 is 0 Å². The van der Waals surface area contributed by atoms with Crippen LogP contribution >= 0.6 is 0 Å². The van der Waals surface area contributed by atoms with E-state index in [1.807, 2.05) is 0 Å². The van der Waals surface area contributed by atoms with Gasteiger partial charge in [0.2, 0.25) is 0 Å². The molecule has 9 aromatic carbocycles. The molecule has 0 atom stereocenters. The van der Waals surface area contributed by atoms with Gasteiger partial charge in [-0.2, -0.15) is 0 Å². The van der Waals surface area contributed by atoms with E-state index in [2.05, 4.69) is 230 Å². The SMILES string of the molecule is CC1(C)c2ccccc2-c2ccc(N(c3ccc(-c4ccc(-c5cccc6c5c5ccccc5n6-c5ccccc5)cc4)cc3)c3cccc4ccccc34)cc21. The lowest BCUT2D eigenvalue weighted by Gasteiger charge is -2.29. The summed E-state index contributed by atoms with van der Waals surface area (Å²) < 4.78 is 2.38. The van der Waals surface area contributed by atoms with Gasteiger partial charge in [0.05, 0.1) is 16.7 Å². The first-order valence-electron chi connectivity index (χ1n) is 19.9. The van der Waals surface area contributed by atoms with Gasteiger partial charge in [0.15, 0.2) is 0 Å². The zero-order valence-electron chi connectivity index (χ0n) is 32.0. The van der Waals surface area contributed by atoms with Crippen molar-refractivity contribution in [2.24, 2.45) is 0 Å². The maximum atomic E-state index is 2.43. The zero-order chi connectivity index (χ0) is 38.1. The molecule has 0 unspecified atom stereocenters. The molecule has 0 aliphatic heterocycles. The average Bonchev–Trinajstić information content (AvgIpc) is 3.73. The van der Waals surface area contributed by atoms with Gasteiger partial charge in [-0.15, -0.1) is 0 Å². The van der Waals surface area contributed by atoms with Gasteiger partial charge >= 0.3 is 0 Å². The minimum Gasteiger partial charge on any atom is -0.310 e. The summed E-state index contributed by atoms with van der Waals surface area (Å²) in [6, 6.07) is 75.5. The number of anilines is 3. The third kappa shape index (κ3) is 5.25. The molecule has 1 heterocycles. The smallest absolute Gasteiger partial charge is 0.0547 e. The first kappa shape index (κ1) is 33.2. The molecule has 11 rings (SSSR count). The molecule has 1 aromatic heterocycles. The summed E-state index contributed by atoms with van der Waals surface area (Å²) in [6.45, 7) is 4.71. The van der Waals surface area contributed by atoms with E-state index in [-0.39, 0.29) is 5.41 Å². The maximum absolute atomic E-state index is 2.43. The van der Waals surface area contributed by atoms with Crippen LogP contribution in [0.5, 0.6) is 0 Å². The number of rotatable bonds is 6. The lowest BCUT2D eigenvalue weighted by atomic mass is 9.82. The molecule has 1 aliphatic rings. The molecule has 0 N–H and O–H groups in total. The molecular weight excluding hydrogens is 689 g/mol. The van der Waals surface area contributed by atoms with Crippen molar-refractivity contribution in [1.82, 2.24) is 4.57 Å². The van der Waals surface area contributed by atoms with E-state index in [0.29, 0.717) is 0 Å². The molecule has 0 amide bonds. The first-order chi connectivity index (χ1) is 28.0. The number of hydrogen-bond donors (Lipinski definition) is 0. The van der Waals surface area contributed by atoms with Gasteiger partial charge in [-0.3, -0.25) is 0 Å². The summed E-state index contributed by atoms with van der Waals surface area (Å²) >= 11 is 0. The number of para-hydroxylation sites is 2. The second-order valence-corrected chi connectivity index (χ2v) is 15.7. The van der Waals surface area contributed by atoms with E-state index in [0.717, 1.165) is 11.4 Å². The largest absolute Gasteiger partial charge is 0.310 e. The molecule has 270 valence electrons. The highest BCUT2D eigenvalue weighted by atomic mass is 15.1. The molecule has 1 aliphatic carbocycles. The summed E-state index contributed by atoms with van der Waals surface area (Å²) in [6.07, 6.45) is 0. The van der Waals surface area contributed by atoms with Gasteiger partial charge in [-0.1, -0.05) is 166 Å². The van der Waals surface area contributed by atoms with E-state index in [1.54, 1.807) is 0 Å². The number of benzene rings is 9. The minimum absolute atomic E-state index is 0.0904. The average molecular weight is 729 g/mol. The molecule has 0 bridgehead atoms. The molecule has 57 heavy (non-hydrogen) atoms. The van der Waals surface area contributed by atoms with Gasteiger partial charge in [-0.25, -0.2) is 0 Å². The highest BCUT2D eigenvalue weighted by Crippen LogP contribution is 2.51. The normalized spacial score (nSPS) is 12.9. The Labute approximate surface area is 333 Å². The molecule has 2 nitrogen and oxygen atoms in total. The molecule has 0 fully saturated rings. The van der Waals surface area contributed by atoms with Crippen LogP contribution in [0, 0.1) is 0 Å². The van der Waals surface area contributed by atoms with Crippen molar-refractivity contribution in [3.63, 3.8) is 0 Å². The van der Waals surface area contributed by atoms with Gasteiger partial charge in [0, 0.05) is 38.6 Å². The molecule has 2 heteroatoms. The Bertz CT molecular complexity index is 3130. The third-order valence-corrected chi connectivity index (χ3v) is 12.2. The fourth-order valence-corrected chi connectivity index (χ4v) is 9.42. The Balaban J connectivity index is 0.982. The van der Waals surface area contributed by atoms with Gasteiger partial charge in [0.25, 0.3) is 0 Å². The Morgan fingerprint density at radius 2 is 0.982 bits per heavy atom. The fourth-order valence-electron chi connectivity index (χ4n) is 9.42. The number of aromatic nitrogens is 1. The number of fused-ring (bicyclic) bond motifs is 7. The summed E-state index contributed by atoms with van der Waals surface area (Å²) in [5.74, 6) is 0. The highest BCUT2D eigenvalue weighted by Gasteiger charge is 2.35. The lowest BCUT2D eigenvalue weighted by molar-refractivity contribution is 0.660. The second kappa shape index (κ2) is 13.0. The van der Waals surface area contributed by atoms with Gasteiger partial charge < -0.3 is 9.47 Å². The van der Waals surface area contributed by atoms with Crippen LogP contribution in [-0.2, 0) is 5.41 Å². The molecule has 0 saturated carbocycles. The van der Waals surface area contributed by atoms with Crippen LogP contribution in [0.25, 0.3) is 71.6 Å². The van der Waals surface area contributed by atoms with Crippen LogP contribution in [-0.4, -0.2) is 4.57 Å². The third-order valence-electron chi connectivity index (χ3n) is 12.2. The summed E-state index contributed by atoms with van der Waals surface area (Å²) in [5, 5.41) is 5.00. The second-order valence-electron chi connectivity index (χ2n) is 15.7. The lowest BCUT2D eigenvalue weighted by Crippen LogP contribution is -2.16. The molecule has 0 radical (unpaired) electrons. The van der Waals surface area contributed by atoms with Crippen LogP contribution in [0.4, 0.5) is 17.1 Å². The van der Waals surface area contributed by atoms with Crippen LogP contribution in [0.3, 0.4) is 0 Å². The van der Waals surface area contributed by atoms with Crippen molar-refractivity contribution < 1.29 is 0 Å². The van der Waals surface area contributed by atoms with Crippen molar-refractivity contribution in [2.75, 3.05) is 4.90 Å². The summed E-state index contributed by atoms with van der Waals surface area (Å²) in [4.78, 5) is 2.43. The Hall–Kier alpha value is -7.16. The van der Waals surface area contributed by atoms with E-state index >= 15 is 0 Å². The van der Waals surface area contributed by atoms with Crippen molar-refractivity contribution in [2.45, 2.75) is 19.3 Å². The van der Waals surface area contributed by atoms with E-state index in [4.69, 9.17) is 0 Å². The van der Waals surface area contributed by atoms with Crippen LogP contribution in [0.2, 0.25) is 0 Å². The standard InChI is InChI=1S/C55H40N2/c1-55(2)49-22-10-8-19-46(49)47-35-34-43(36-50(47)55)56(51-24-12-15-39-14-6-7-18-44(39)51)42-32-30-38(31-33-42)37-26-28-40(29-27-37)45-21-13-25-53-54(45)48-20-9-11-23-52(48)57(53)41-16-4-3-5-17-41/h3-36H,1-2H3. The molecule has 0 saturated heterocycles. The van der Waals surface area contributed by atoms with Crippen molar-refractivity contribution in [3.8, 4) is 39.1 Å².